The first-order valence-electron chi connectivity index (χ1n) is 8.48. The molecule has 2 saturated heterocycles. The fourth-order valence-electron chi connectivity index (χ4n) is 3.86. The van der Waals surface area contributed by atoms with Crippen molar-refractivity contribution in [3.05, 3.63) is 35.8 Å². The number of carbonyl (C=O) groups excluding carboxylic acids is 1. The molecule has 0 unspecified atom stereocenters. The molecule has 2 aromatic rings. The van der Waals surface area contributed by atoms with Gasteiger partial charge in [0.25, 0.3) is 0 Å². The molecule has 128 valence electrons. The van der Waals surface area contributed by atoms with E-state index < -0.39 is 0 Å². The average Bonchev–Trinajstić information content (AvgIpc) is 3.30. The molecule has 0 saturated carbocycles. The molecule has 1 amide bonds. The van der Waals surface area contributed by atoms with E-state index in [1.807, 2.05) is 24.0 Å². The number of carbonyl (C=O) groups is 1. The number of H-pyrrole nitrogens is 1. The van der Waals surface area contributed by atoms with Crippen LogP contribution < -0.4 is 0 Å². The molecule has 2 aromatic heterocycles. The topological polar surface area (TPSA) is 84.2 Å². The van der Waals surface area contributed by atoms with Crippen molar-refractivity contribution in [1.82, 2.24) is 20.1 Å². The van der Waals surface area contributed by atoms with Gasteiger partial charge >= 0.3 is 0 Å². The molecule has 2 fully saturated rings. The molecule has 1 N–H and O–H groups in total. The van der Waals surface area contributed by atoms with E-state index in [0.717, 1.165) is 43.3 Å². The van der Waals surface area contributed by atoms with E-state index in [9.17, 15) is 4.79 Å². The number of likely N-dealkylation sites (tertiary alicyclic amines) is 1. The average molecular weight is 330 g/mol. The van der Waals surface area contributed by atoms with E-state index in [1.165, 1.54) is 0 Å². The van der Waals surface area contributed by atoms with Crippen molar-refractivity contribution in [3.63, 3.8) is 0 Å². The smallest absolute Gasteiger partial charge is 0.230 e. The maximum absolute atomic E-state index is 12.4. The summed E-state index contributed by atoms with van der Waals surface area (Å²) in [6, 6.07) is 3.66. The van der Waals surface area contributed by atoms with Crippen LogP contribution >= 0.6 is 0 Å². The second-order valence-electron chi connectivity index (χ2n) is 6.72. The molecule has 24 heavy (non-hydrogen) atoms. The molecule has 0 aliphatic carbocycles. The highest BCUT2D eigenvalue weighted by Gasteiger charge is 2.42. The summed E-state index contributed by atoms with van der Waals surface area (Å²) >= 11 is 0. The van der Waals surface area contributed by atoms with Gasteiger partial charge in [-0.3, -0.25) is 9.89 Å². The van der Waals surface area contributed by atoms with Crippen LogP contribution in [0.25, 0.3) is 0 Å². The number of amides is 1. The highest BCUT2D eigenvalue weighted by Crippen LogP contribution is 2.35. The van der Waals surface area contributed by atoms with Crippen LogP contribution in [0.3, 0.4) is 0 Å². The Labute approximate surface area is 140 Å². The van der Waals surface area contributed by atoms with Gasteiger partial charge in [-0.25, -0.2) is 4.98 Å². The molecule has 0 bridgehead atoms. The van der Waals surface area contributed by atoms with Gasteiger partial charge in [-0.15, -0.1) is 0 Å². The highest BCUT2D eigenvalue weighted by molar-refractivity contribution is 5.78. The Hall–Kier alpha value is -2.15. The molecule has 3 atom stereocenters. The van der Waals surface area contributed by atoms with Crippen molar-refractivity contribution in [2.45, 2.75) is 32.3 Å². The molecule has 0 radical (unpaired) electrons. The maximum Gasteiger partial charge on any atom is 0.230 e. The minimum atomic E-state index is 0.136. The van der Waals surface area contributed by atoms with Crippen molar-refractivity contribution in [2.75, 3.05) is 19.7 Å². The summed E-state index contributed by atoms with van der Waals surface area (Å²) in [6.45, 7) is 4.17. The molecular weight excluding hydrogens is 308 g/mol. The van der Waals surface area contributed by atoms with Gasteiger partial charge in [0.05, 0.1) is 25.4 Å². The first-order chi connectivity index (χ1) is 11.7. The number of aromatic amines is 1. The number of hydrogen-bond acceptors (Lipinski definition) is 5. The Kier molecular flexibility index (Phi) is 4.10. The van der Waals surface area contributed by atoms with Crippen LogP contribution in [0.2, 0.25) is 0 Å². The summed E-state index contributed by atoms with van der Waals surface area (Å²) in [5.41, 5.74) is 0. The summed E-state index contributed by atoms with van der Waals surface area (Å²) in [5.74, 6) is 3.40. The van der Waals surface area contributed by atoms with E-state index >= 15 is 0 Å². The van der Waals surface area contributed by atoms with Gasteiger partial charge < -0.3 is 14.1 Å². The second-order valence-corrected chi connectivity index (χ2v) is 6.72. The summed E-state index contributed by atoms with van der Waals surface area (Å²) in [4.78, 5) is 18.8. The Morgan fingerprint density at radius 2 is 2.42 bits per heavy atom. The van der Waals surface area contributed by atoms with Gasteiger partial charge in [0.1, 0.15) is 11.6 Å². The van der Waals surface area contributed by atoms with Crippen LogP contribution in [0.4, 0.5) is 0 Å². The zero-order valence-corrected chi connectivity index (χ0v) is 13.8. The second kappa shape index (κ2) is 6.39. The Balaban J connectivity index is 1.34. The van der Waals surface area contributed by atoms with Gasteiger partial charge in [0, 0.05) is 25.4 Å². The summed E-state index contributed by atoms with van der Waals surface area (Å²) in [6.07, 6.45) is 3.82. The van der Waals surface area contributed by atoms with E-state index in [0.29, 0.717) is 24.9 Å². The number of nitrogens with zero attached hydrogens (tertiary/aromatic N) is 3. The van der Waals surface area contributed by atoms with Gasteiger partial charge in [0.2, 0.25) is 5.91 Å². The molecule has 2 aliphatic heterocycles. The first kappa shape index (κ1) is 15.4. The lowest BCUT2D eigenvalue weighted by Crippen LogP contribution is -2.45. The van der Waals surface area contributed by atoms with E-state index in [2.05, 4.69) is 15.2 Å². The molecule has 0 aromatic carbocycles. The van der Waals surface area contributed by atoms with Crippen LogP contribution in [0.1, 0.15) is 23.8 Å². The number of aromatic nitrogens is 3. The van der Waals surface area contributed by atoms with Crippen molar-refractivity contribution < 1.29 is 13.9 Å². The summed E-state index contributed by atoms with van der Waals surface area (Å²) in [7, 11) is 0. The molecule has 2 aliphatic rings. The van der Waals surface area contributed by atoms with Gasteiger partial charge in [-0.2, -0.15) is 5.10 Å². The number of ether oxygens (including phenoxy) is 1. The van der Waals surface area contributed by atoms with E-state index in [4.69, 9.17) is 9.15 Å². The van der Waals surface area contributed by atoms with Crippen LogP contribution in [0.15, 0.2) is 22.8 Å². The Bertz CT molecular complexity index is 697. The number of nitrogens with one attached hydrogen (secondary N) is 1. The van der Waals surface area contributed by atoms with Gasteiger partial charge in [0.15, 0.2) is 5.82 Å². The molecular formula is C17H22N4O3. The minimum absolute atomic E-state index is 0.136. The Morgan fingerprint density at radius 1 is 1.50 bits per heavy atom. The predicted molar refractivity (Wildman–Crippen MR) is 85.2 cm³/mol. The van der Waals surface area contributed by atoms with E-state index in [1.54, 1.807) is 6.26 Å². The highest BCUT2D eigenvalue weighted by atomic mass is 16.5. The van der Waals surface area contributed by atoms with Crippen LogP contribution in [-0.2, 0) is 22.4 Å². The SMILES string of the molecule is Cc1nc(C[C@@H]2OC[C@@H]3CN(C(=O)Cc4ccco4)CC[C@@H]32)n[nH]1. The number of aryl methyl sites for hydroxylation is 1. The van der Waals surface area contributed by atoms with Crippen LogP contribution in [-0.4, -0.2) is 51.8 Å². The summed E-state index contributed by atoms with van der Waals surface area (Å²) in [5, 5.41) is 7.09. The van der Waals surface area contributed by atoms with Gasteiger partial charge in [-0.1, -0.05) is 0 Å². The predicted octanol–water partition coefficient (Wildman–Crippen LogP) is 1.35. The number of furan rings is 1. The molecule has 4 rings (SSSR count). The fraction of sp³-hybridized carbons (Fsp3) is 0.588. The fourth-order valence-corrected chi connectivity index (χ4v) is 3.86. The maximum atomic E-state index is 12.4. The largest absolute Gasteiger partial charge is 0.469 e. The number of rotatable bonds is 4. The lowest BCUT2D eigenvalue weighted by molar-refractivity contribution is -0.133. The van der Waals surface area contributed by atoms with Crippen LogP contribution in [0, 0.1) is 18.8 Å². The third-order valence-corrected chi connectivity index (χ3v) is 5.08. The Morgan fingerprint density at radius 3 is 3.17 bits per heavy atom. The zero-order valence-electron chi connectivity index (χ0n) is 13.8. The molecule has 7 nitrogen and oxygen atoms in total. The van der Waals surface area contributed by atoms with Crippen molar-refractivity contribution in [2.24, 2.45) is 11.8 Å². The lowest BCUT2D eigenvalue weighted by Gasteiger charge is -2.35. The standard InChI is InChI=1S/C17H22N4O3/c1-11-18-16(20-19-11)8-15-14-4-5-21(9-12(14)10-24-15)17(22)7-13-3-2-6-23-13/h2-3,6,12,14-15H,4-5,7-10H2,1H3,(H,18,19,20)/t12-,14-,15-/m0/s1. The first-order valence-corrected chi connectivity index (χ1v) is 8.48. The number of piperidine rings is 1. The molecule has 4 heterocycles. The number of hydrogen-bond donors (Lipinski definition) is 1. The van der Waals surface area contributed by atoms with Crippen molar-refractivity contribution in [1.29, 1.82) is 0 Å². The number of fused-ring (bicyclic) bond motifs is 1. The monoisotopic (exact) mass is 330 g/mol. The quantitative estimate of drug-likeness (QED) is 0.915. The van der Waals surface area contributed by atoms with Crippen molar-refractivity contribution in [3.8, 4) is 0 Å². The van der Waals surface area contributed by atoms with E-state index in [-0.39, 0.29) is 12.0 Å². The van der Waals surface area contributed by atoms with Gasteiger partial charge in [-0.05, 0) is 31.4 Å². The zero-order chi connectivity index (χ0) is 16.5. The summed E-state index contributed by atoms with van der Waals surface area (Å²) < 4.78 is 11.3. The minimum Gasteiger partial charge on any atom is -0.469 e. The molecule has 7 heteroatoms. The normalized spacial score (nSPS) is 26.5. The van der Waals surface area contributed by atoms with Crippen LogP contribution in [0.5, 0.6) is 0 Å². The third-order valence-electron chi connectivity index (χ3n) is 5.08. The lowest BCUT2D eigenvalue weighted by atomic mass is 9.83. The van der Waals surface area contributed by atoms with Crippen molar-refractivity contribution >= 4 is 5.91 Å². The molecule has 0 spiro atoms. The third kappa shape index (κ3) is 3.08.